The summed E-state index contributed by atoms with van der Waals surface area (Å²) < 4.78 is 1.68. The molecular formula is C9H9N3O. The van der Waals surface area contributed by atoms with E-state index in [9.17, 15) is 4.79 Å². The van der Waals surface area contributed by atoms with Gasteiger partial charge in [0.2, 0.25) is 0 Å². The van der Waals surface area contributed by atoms with E-state index >= 15 is 0 Å². The van der Waals surface area contributed by atoms with Gasteiger partial charge in [-0.15, -0.1) is 0 Å². The predicted octanol–water partition coefficient (Wildman–Crippen LogP) is 1.16. The fourth-order valence-electron chi connectivity index (χ4n) is 1.23. The molecule has 2 aromatic rings. The lowest BCUT2D eigenvalue weighted by Gasteiger charge is -1.95. The van der Waals surface area contributed by atoms with E-state index < -0.39 is 0 Å². The maximum Gasteiger partial charge on any atom is 0.170 e. The minimum Gasteiger partial charge on any atom is -0.296 e. The summed E-state index contributed by atoms with van der Waals surface area (Å²) in [5, 5.41) is 4.10. The Morgan fingerprint density at radius 3 is 2.85 bits per heavy atom. The third-order valence-electron chi connectivity index (χ3n) is 2.08. The minimum absolute atomic E-state index is 0.424. The van der Waals surface area contributed by atoms with Crippen molar-refractivity contribution in [2.45, 2.75) is 13.8 Å². The van der Waals surface area contributed by atoms with Crippen molar-refractivity contribution < 1.29 is 4.79 Å². The highest BCUT2D eigenvalue weighted by molar-refractivity contribution is 5.71. The molecule has 2 aromatic heterocycles. The second-order valence-electron chi connectivity index (χ2n) is 2.93. The number of nitrogens with zero attached hydrogens (tertiary/aromatic N) is 3. The lowest BCUT2D eigenvalue weighted by atomic mass is 10.4. The molecule has 0 fully saturated rings. The van der Waals surface area contributed by atoms with Gasteiger partial charge in [-0.3, -0.25) is 4.79 Å². The molecular weight excluding hydrogens is 166 g/mol. The van der Waals surface area contributed by atoms with E-state index in [0.717, 1.165) is 23.3 Å². The topological polar surface area (TPSA) is 47.3 Å². The highest BCUT2D eigenvalue weighted by atomic mass is 16.1. The molecule has 0 amide bonds. The van der Waals surface area contributed by atoms with Crippen LogP contribution in [0.2, 0.25) is 0 Å². The highest BCUT2D eigenvalue weighted by Gasteiger charge is 2.04. The van der Waals surface area contributed by atoms with E-state index in [1.807, 2.05) is 13.8 Å². The van der Waals surface area contributed by atoms with Crippen molar-refractivity contribution in [3.05, 3.63) is 29.2 Å². The first-order valence-electron chi connectivity index (χ1n) is 4.00. The summed E-state index contributed by atoms with van der Waals surface area (Å²) in [6.07, 6.45) is 0.730. The molecule has 0 N–H and O–H groups in total. The maximum absolute atomic E-state index is 10.5. The Labute approximate surface area is 75.2 Å². The fraction of sp³-hybridized carbons (Fsp3) is 0.222. The Bertz CT molecular complexity index is 473. The Morgan fingerprint density at radius 2 is 2.15 bits per heavy atom. The molecule has 0 saturated heterocycles. The highest BCUT2D eigenvalue weighted by Crippen LogP contribution is 2.08. The van der Waals surface area contributed by atoms with E-state index in [1.54, 1.807) is 16.6 Å². The number of hydrogen-bond acceptors (Lipinski definition) is 3. The molecule has 0 bridgehead atoms. The number of hydrogen-bond donors (Lipinski definition) is 0. The van der Waals surface area contributed by atoms with Gasteiger partial charge in [-0.2, -0.15) is 5.10 Å². The van der Waals surface area contributed by atoms with Gasteiger partial charge in [-0.1, -0.05) is 0 Å². The SMILES string of the molecule is Cc1nc2ccc(C=O)nn2c1C. The van der Waals surface area contributed by atoms with Crippen LogP contribution in [0.3, 0.4) is 0 Å². The van der Waals surface area contributed by atoms with Crippen molar-refractivity contribution in [2.75, 3.05) is 0 Å². The Kier molecular flexibility index (Phi) is 1.62. The normalized spacial score (nSPS) is 10.6. The third-order valence-corrected chi connectivity index (χ3v) is 2.08. The summed E-state index contributed by atoms with van der Waals surface area (Å²) in [6, 6.07) is 3.45. The van der Waals surface area contributed by atoms with Crippen molar-refractivity contribution in [3.63, 3.8) is 0 Å². The van der Waals surface area contributed by atoms with Crippen LogP contribution < -0.4 is 0 Å². The smallest absolute Gasteiger partial charge is 0.170 e. The summed E-state index contributed by atoms with van der Waals surface area (Å²) in [4.78, 5) is 14.7. The molecule has 0 aliphatic carbocycles. The number of carbonyl (C=O) groups excluding carboxylic acids is 1. The number of carbonyl (C=O) groups is 1. The van der Waals surface area contributed by atoms with Crippen molar-refractivity contribution in [3.8, 4) is 0 Å². The van der Waals surface area contributed by atoms with Gasteiger partial charge in [0.15, 0.2) is 11.9 Å². The van der Waals surface area contributed by atoms with Crippen molar-refractivity contribution in [1.29, 1.82) is 0 Å². The predicted molar refractivity (Wildman–Crippen MR) is 47.8 cm³/mol. The number of aromatic nitrogens is 3. The molecule has 4 heteroatoms. The second-order valence-corrected chi connectivity index (χ2v) is 2.93. The largest absolute Gasteiger partial charge is 0.296 e. The summed E-state index contributed by atoms with van der Waals surface area (Å²) in [5.74, 6) is 0. The lowest BCUT2D eigenvalue weighted by Crippen LogP contribution is -1.97. The van der Waals surface area contributed by atoms with Crippen molar-refractivity contribution in [2.24, 2.45) is 0 Å². The molecule has 0 radical (unpaired) electrons. The van der Waals surface area contributed by atoms with Crippen LogP contribution in [0.15, 0.2) is 12.1 Å². The van der Waals surface area contributed by atoms with Crippen LogP contribution in [0.25, 0.3) is 5.65 Å². The maximum atomic E-state index is 10.5. The summed E-state index contributed by atoms with van der Waals surface area (Å²) in [6.45, 7) is 3.85. The molecule has 0 aliphatic heterocycles. The zero-order valence-electron chi connectivity index (χ0n) is 7.48. The van der Waals surface area contributed by atoms with Crippen LogP contribution in [-0.2, 0) is 0 Å². The molecule has 66 valence electrons. The summed E-state index contributed by atoms with van der Waals surface area (Å²) in [7, 11) is 0. The second kappa shape index (κ2) is 2.65. The van der Waals surface area contributed by atoms with Crippen molar-refractivity contribution in [1.82, 2.24) is 14.6 Å². The molecule has 0 aliphatic rings. The van der Waals surface area contributed by atoms with Crippen LogP contribution >= 0.6 is 0 Å². The number of aldehydes is 1. The van der Waals surface area contributed by atoms with Crippen LogP contribution in [0.4, 0.5) is 0 Å². The Balaban J connectivity index is 2.81. The zero-order valence-corrected chi connectivity index (χ0v) is 7.48. The van der Waals surface area contributed by atoms with E-state index in [4.69, 9.17) is 0 Å². The minimum atomic E-state index is 0.424. The Hall–Kier alpha value is -1.71. The molecule has 2 rings (SSSR count). The summed E-state index contributed by atoms with van der Waals surface area (Å²) in [5.41, 5.74) is 3.11. The van der Waals surface area contributed by atoms with Gasteiger partial charge in [0.05, 0.1) is 11.4 Å². The lowest BCUT2D eigenvalue weighted by molar-refractivity contribution is 0.111. The van der Waals surface area contributed by atoms with E-state index in [-0.39, 0.29) is 0 Å². The van der Waals surface area contributed by atoms with Gasteiger partial charge >= 0.3 is 0 Å². The average molecular weight is 175 g/mol. The first-order chi connectivity index (χ1) is 6.22. The fourth-order valence-corrected chi connectivity index (χ4v) is 1.23. The Morgan fingerprint density at radius 1 is 1.38 bits per heavy atom. The quantitative estimate of drug-likeness (QED) is 0.611. The average Bonchev–Trinajstić information content (AvgIpc) is 2.43. The van der Waals surface area contributed by atoms with E-state index in [0.29, 0.717) is 5.69 Å². The molecule has 0 saturated carbocycles. The van der Waals surface area contributed by atoms with Gasteiger partial charge in [-0.05, 0) is 26.0 Å². The monoisotopic (exact) mass is 175 g/mol. The molecule has 0 unspecified atom stereocenters. The van der Waals surface area contributed by atoms with E-state index in [1.165, 1.54) is 0 Å². The van der Waals surface area contributed by atoms with Gasteiger partial charge in [-0.25, -0.2) is 9.50 Å². The van der Waals surface area contributed by atoms with E-state index in [2.05, 4.69) is 10.1 Å². The molecule has 0 atom stereocenters. The van der Waals surface area contributed by atoms with Crippen LogP contribution in [0, 0.1) is 13.8 Å². The summed E-state index contributed by atoms with van der Waals surface area (Å²) >= 11 is 0. The van der Waals surface area contributed by atoms with Crippen LogP contribution in [-0.4, -0.2) is 20.9 Å². The number of imidazole rings is 1. The first-order valence-corrected chi connectivity index (χ1v) is 4.00. The number of fused-ring (bicyclic) bond motifs is 1. The standard InChI is InChI=1S/C9H9N3O/c1-6-7(2)12-9(10-6)4-3-8(5-13)11-12/h3-5H,1-2H3. The molecule has 2 heterocycles. The number of rotatable bonds is 1. The van der Waals surface area contributed by atoms with Gasteiger partial charge in [0, 0.05) is 0 Å². The molecule has 0 aromatic carbocycles. The van der Waals surface area contributed by atoms with Gasteiger partial charge in [0.25, 0.3) is 0 Å². The van der Waals surface area contributed by atoms with Crippen molar-refractivity contribution >= 4 is 11.9 Å². The number of aryl methyl sites for hydroxylation is 2. The molecule has 13 heavy (non-hydrogen) atoms. The molecule has 4 nitrogen and oxygen atoms in total. The zero-order chi connectivity index (χ0) is 9.42. The first kappa shape index (κ1) is 7.91. The van der Waals surface area contributed by atoms with Crippen LogP contribution in [0.5, 0.6) is 0 Å². The van der Waals surface area contributed by atoms with Gasteiger partial charge < -0.3 is 0 Å². The third kappa shape index (κ3) is 1.11. The molecule has 0 spiro atoms. The van der Waals surface area contributed by atoms with Crippen LogP contribution in [0.1, 0.15) is 21.9 Å². The van der Waals surface area contributed by atoms with Gasteiger partial charge in [0.1, 0.15) is 5.69 Å².